The third-order valence-corrected chi connectivity index (χ3v) is 4.22. The first-order valence-electron chi connectivity index (χ1n) is 9.13. The summed E-state index contributed by atoms with van der Waals surface area (Å²) in [6.07, 6.45) is 1.56. The first-order chi connectivity index (χ1) is 14.4. The molecule has 3 aromatic carbocycles. The predicted molar refractivity (Wildman–Crippen MR) is 115 cm³/mol. The van der Waals surface area contributed by atoms with E-state index in [1.54, 1.807) is 24.3 Å². The van der Waals surface area contributed by atoms with Gasteiger partial charge in [-0.1, -0.05) is 42.5 Å². The Bertz CT molecular complexity index is 1110. The molecule has 0 aliphatic rings. The van der Waals surface area contributed by atoms with Gasteiger partial charge in [0.05, 0.1) is 4.92 Å². The van der Waals surface area contributed by atoms with E-state index in [4.69, 9.17) is 0 Å². The van der Waals surface area contributed by atoms with Crippen molar-refractivity contribution in [2.45, 2.75) is 6.92 Å². The monoisotopic (exact) mass is 401 g/mol. The molecule has 0 heterocycles. The van der Waals surface area contributed by atoms with E-state index in [1.807, 2.05) is 43.3 Å². The minimum absolute atomic E-state index is 0.0473. The van der Waals surface area contributed by atoms with Crippen LogP contribution < -0.4 is 10.6 Å². The van der Waals surface area contributed by atoms with Gasteiger partial charge in [0.25, 0.3) is 17.5 Å². The third kappa shape index (κ3) is 5.39. The SMILES string of the molecule is Cc1cccc(NC(=O)C(=Cc2ccccc2)NC(=O)c2ccc([N+](=O)[O-])cc2)c1. The molecular formula is C23H19N3O4. The topological polar surface area (TPSA) is 101 Å². The van der Waals surface area contributed by atoms with Gasteiger partial charge in [-0.05, 0) is 48.4 Å². The maximum Gasteiger partial charge on any atom is 0.272 e. The number of benzene rings is 3. The quantitative estimate of drug-likeness (QED) is 0.365. The van der Waals surface area contributed by atoms with Crippen molar-refractivity contribution in [3.63, 3.8) is 0 Å². The van der Waals surface area contributed by atoms with E-state index in [1.165, 1.54) is 24.3 Å². The predicted octanol–water partition coefficient (Wildman–Crippen LogP) is 4.31. The molecule has 2 amide bonds. The van der Waals surface area contributed by atoms with Crippen LogP contribution in [-0.2, 0) is 4.79 Å². The highest BCUT2D eigenvalue weighted by molar-refractivity contribution is 6.10. The van der Waals surface area contributed by atoms with Crippen LogP contribution in [0.25, 0.3) is 6.08 Å². The molecule has 0 radical (unpaired) electrons. The molecule has 0 unspecified atom stereocenters. The molecule has 7 heteroatoms. The maximum atomic E-state index is 12.9. The van der Waals surface area contributed by atoms with Gasteiger partial charge < -0.3 is 10.6 Å². The number of nitro groups is 1. The van der Waals surface area contributed by atoms with Crippen LogP contribution in [0.5, 0.6) is 0 Å². The number of hydrogen-bond donors (Lipinski definition) is 2. The van der Waals surface area contributed by atoms with Crippen LogP contribution >= 0.6 is 0 Å². The second-order valence-corrected chi connectivity index (χ2v) is 6.55. The van der Waals surface area contributed by atoms with E-state index in [0.717, 1.165) is 11.1 Å². The molecule has 0 aliphatic carbocycles. The van der Waals surface area contributed by atoms with Crippen LogP contribution in [0.2, 0.25) is 0 Å². The number of hydrogen-bond acceptors (Lipinski definition) is 4. The van der Waals surface area contributed by atoms with Gasteiger partial charge in [-0.3, -0.25) is 19.7 Å². The molecule has 2 N–H and O–H groups in total. The molecule has 0 fully saturated rings. The van der Waals surface area contributed by atoms with E-state index in [0.29, 0.717) is 5.69 Å². The zero-order valence-electron chi connectivity index (χ0n) is 16.2. The van der Waals surface area contributed by atoms with Gasteiger partial charge in [0, 0.05) is 23.4 Å². The fourth-order valence-corrected chi connectivity index (χ4v) is 2.72. The number of carbonyl (C=O) groups excluding carboxylic acids is 2. The van der Waals surface area contributed by atoms with Crippen LogP contribution in [0.15, 0.2) is 84.6 Å². The lowest BCUT2D eigenvalue weighted by Gasteiger charge is -2.12. The Kier molecular flexibility index (Phi) is 6.34. The molecule has 0 spiro atoms. The zero-order chi connectivity index (χ0) is 21.5. The molecule has 0 aromatic heterocycles. The molecule has 0 bridgehead atoms. The van der Waals surface area contributed by atoms with Gasteiger partial charge in [-0.15, -0.1) is 0 Å². The van der Waals surface area contributed by atoms with Gasteiger partial charge in [0.2, 0.25) is 0 Å². The van der Waals surface area contributed by atoms with Crippen molar-refractivity contribution in [2.24, 2.45) is 0 Å². The van der Waals surface area contributed by atoms with Gasteiger partial charge in [-0.2, -0.15) is 0 Å². The largest absolute Gasteiger partial charge is 0.321 e. The number of nitrogens with one attached hydrogen (secondary N) is 2. The van der Waals surface area contributed by atoms with Crippen LogP contribution in [0.1, 0.15) is 21.5 Å². The number of anilines is 1. The Morgan fingerprint density at radius 1 is 0.933 bits per heavy atom. The highest BCUT2D eigenvalue weighted by atomic mass is 16.6. The summed E-state index contributed by atoms with van der Waals surface area (Å²) in [6, 6.07) is 21.5. The molecule has 0 aliphatic heterocycles. The Morgan fingerprint density at radius 3 is 2.27 bits per heavy atom. The fraction of sp³-hybridized carbons (Fsp3) is 0.0435. The smallest absolute Gasteiger partial charge is 0.272 e. The minimum Gasteiger partial charge on any atom is -0.321 e. The Morgan fingerprint density at radius 2 is 1.63 bits per heavy atom. The van der Waals surface area contributed by atoms with Crippen LogP contribution in [-0.4, -0.2) is 16.7 Å². The summed E-state index contributed by atoms with van der Waals surface area (Å²) in [4.78, 5) is 35.7. The van der Waals surface area contributed by atoms with Gasteiger partial charge in [-0.25, -0.2) is 0 Å². The van der Waals surface area contributed by atoms with Crippen molar-refractivity contribution < 1.29 is 14.5 Å². The molecule has 7 nitrogen and oxygen atoms in total. The molecule has 3 aromatic rings. The van der Waals surface area contributed by atoms with Crippen LogP contribution in [0, 0.1) is 17.0 Å². The van der Waals surface area contributed by atoms with Crippen LogP contribution in [0.3, 0.4) is 0 Å². The molecular weight excluding hydrogens is 382 g/mol. The lowest BCUT2D eigenvalue weighted by Crippen LogP contribution is -2.30. The molecule has 0 saturated heterocycles. The summed E-state index contributed by atoms with van der Waals surface area (Å²) < 4.78 is 0. The zero-order valence-corrected chi connectivity index (χ0v) is 16.2. The standard InChI is InChI=1S/C23H19N3O4/c1-16-6-5-9-19(14-16)24-23(28)21(15-17-7-3-2-4-8-17)25-22(27)18-10-12-20(13-11-18)26(29)30/h2-15H,1H3,(H,24,28)(H,25,27). The second-order valence-electron chi connectivity index (χ2n) is 6.55. The first kappa shape index (κ1) is 20.5. The molecule has 0 saturated carbocycles. The van der Waals surface area contributed by atoms with Gasteiger partial charge in [0.15, 0.2) is 0 Å². The number of aryl methyl sites for hydroxylation is 1. The van der Waals surface area contributed by atoms with Crippen molar-refractivity contribution in [1.82, 2.24) is 5.32 Å². The first-order valence-corrected chi connectivity index (χ1v) is 9.13. The summed E-state index contributed by atoms with van der Waals surface area (Å²) in [5, 5.41) is 16.2. The van der Waals surface area contributed by atoms with Crippen molar-refractivity contribution in [3.8, 4) is 0 Å². The Hall–Kier alpha value is -4.26. The summed E-state index contributed by atoms with van der Waals surface area (Å²) in [7, 11) is 0. The van der Waals surface area contributed by atoms with Crippen LogP contribution in [0.4, 0.5) is 11.4 Å². The highest BCUT2D eigenvalue weighted by Crippen LogP contribution is 2.15. The molecule has 3 rings (SSSR count). The summed E-state index contributed by atoms with van der Waals surface area (Å²) in [5.74, 6) is -1.04. The highest BCUT2D eigenvalue weighted by Gasteiger charge is 2.16. The van der Waals surface area contributed by atoms with Crippen molar-refractivity contribution in [2.75, 3.05) is 5.32 Å². The lowest BCUT2D eigenvalue weighted by molar-refractivity contribution is -0.384. The summed E-state index contributed by atoms with van der Waals surface area (Å²) in [6.45, 7) is 1.91. The number of amides is 2. The minimum atomic E-state index is -0.550. The van der Waals surface area contributed by atoms with E-state index in [-0.39, 0.29) is 16.9 Å². The molecule has 150 valence electrons. The van der Waals surface area contributed by atoms with E-state index < -0.39 is 16.7 Å². The number of nitro benzene ring substituents is 1. The second kappa shape index (κ2) is 9.29. The lowest BCUT2D eigenvalue weighted by atomic mass is 10.1. The fourth-order valence-electron chi connectivity index (χ4n) is 2.72. The summed E-state index contributed by atoms with van der Waals surface area (Å²) >= 11 is 0. The average Bonchev–Trinajstić information content (AvgIpc) is 2.74. The van der Waals surface area contributed by atoms with E-state index in [9.17, 15) is 19.7 Å². The number of non-ortho nitro benzene ring substituents is 1. The third-order valence-electron chi connectivity index (χ3n) is 4.22. The van der Waals surface area contributed by atoms with Crippen molar-refractivity contribution in [1.29, 1.82) is 0 Å². The van der Waals surface area contributed by atoms with Gasteiger partial charge >= 0.3 is 0 Å². The van der Waals surface area contributed by atoms with Gasteiger partial charge in [0.1, 0.15) is 5.70 Å². The number of nitrogens with zero attached hydrogens (tertiary/aromatic N) is 1. The number of rotatable bonds is 6. The summed E-state index contributed by atoms with van der Waals surface area (Å²) in [5.41, 5.74) is 2.44. The van der Waals surface area contributed by atoms with E-state index >= 15 is 0 Å². The normalized spacial score (nSPS) is 10.9. The van der Waals surface area contributed by atoms with E-state index in [2.05, 4.69) is 10.6 Å². The van der Waals surface area contributed by atoms with Crippen molar-refractivity contribution in [3.05, 3.63) is 111 Å². The molecule has 0 atom stereocenters. The Labute approximate surface area is 173 Å². The van der Waals surface area contributed by atoms with Crippen molar-refractivity contribution >= 4 is 29.3 Å². The number of carbonyl (C=O) groups is 2. The maximum absolute atomic E-state index is 12.9. The average molecular weight is 401 g/mol. The Balaban J connectivity index is 1.85. The molecule has 30 heavy (non-hydrogen) atoms.